The first kappa shape index (κ1) is 23.0. The molecule has 0 bridgehead atoms. The highest BCUT2D eigenvalue weighted by Gasteiger charge is 2.26. The van der Waals surface area contributed by atoms with Crippen LogP contribution in [-0.2, 0) is 14.6 Å². The fourth-order valence-electron chi connectivity index (χ4n) is 2.86. The smallest absolute Gasteiger partial charge is 0.260 e. The van der Waals surface area contributed by atoms with E-state index in [0.29, 0.717) is 25.7 Å². The number of hydrogen-bond acceptors (Lipinski definition) is 6. The number of nitrogens with one attached hydrogen (secondary N) is 1. The molecule has 1 aliphatic heterocycles. The van der Waals surface area contributed by atoms with Gasteiger partial charge in [-0.1, -0.05) is 0 Å². The van der Waals surface area contributed by atoms with Crippen molar-refractivity contribution in [1.82, 2.24) is 4.98 Å². The van der Waals surface area contributed by atoms with Gasteiger partial charge in [-0.05, 0) is 30.5 Å². The van der Waals surface area contributed by atoms with E-state index >= 15 is 0 Å². The van der Waals surface area contributed by atoms with Gasteiger partial charge in [-0.3, -0.25) is 4.79 Å². The predicted molar refractivity (Wildman–Crippen MR) is 106 cm³/mol. The fraction of sp³-hybridized carbons (Fsp3) is 0.333. The number of carbonyl (C=O) groups is 1. The van der Waals surface area contributed by atoms with Crippen molar-refractivity contribution in [3.8, 4) is 5.75 Å². The second kappa shape index (κ2) is 9.51. The van der Waals surface area contributed by atoms with Crippen molar-refractivity contribution in [3.63, 3.8) is 0 Å². The number of rotatable bonds is 6. The summed E-state index contributed by atoms with van der Waals surface area (Å²) in [7, 11) is -2.35. The lowest BCUT2D eigenvalue weighted by molar-refractivity contribution is 0.102. The van der Waals surface area contributed by atoms with E-state index in [1.165, 1.54) is 25.3 Å². The minimum atomic E-state index is -3.67. The van der Waals surface area contributed by atoms with Gasteiger partial charge in [0.15, 0.2) is 21.5 Å². The summed E-state index contributed by atoms with van der Waals surface area (Å²) in [6.07, 6.45) is 1.40. The number of anilines is 1. The third-order valence-corrected chi connectivity index (χ3v) is 6.18. The molecule has 1 aromatic carbocycles. The van der Waals surface area contributed by atoms with Crippen molar-refractivity contribution in [2.24, 2.45) is 5.92 Å². The monoisotopic (exact) mass is 446 g/mol. The summed E-state index contributed by atoms with van der Waals surface area (Å²) in [5, 5.41) is 2.19. The van der Waals surface area contributed by atoms with E-state index in [4.69, 9.17) is 9.47 Å². The van der Waals surface area contributed by atoms with Gasteiger partial charge in [-0.15, -0.1) is 0 Å². The molecule has 158 valence electrons. The molecular formula is C18H20F2N2O5S2. The lowest BCUT2D eigenvalue weighted by Crippen LogP contribution is -2.19. The van der Waals surface area contributed by atoms with Crippen molar-refractivity contribution >= 4 is 35.1 Å². The Morgan fingerprint density at radius 1 is 1.34 bits per heavy atom. The number of nitrogens with zero attached hydrogens (tertiary/aromatic N) is 1. The van der Waals surface area contributed by atoms with Crippen molar-refractivity contribution < 1.29 is 31.5 Å². The molecular weight excluding hydrogens is 426 g/mol. The van der Waals surface area contributed by atoms with Crippen LogP contribution < -0.4 is 10.1 Å². The van der Waals surface area contributed by atoms with E-state index in [1.54, 1.807) is 0 Å². The van der Waals surface area contributed by atoms with E-state index in [-0.39, 0.29) is 41.4 Å². The number of aromatic nitrogens is 1. The van der Waals surface area contributed by atoms with Gasteiger partial charge in [-0.2, -0.15) is 13.5 Å². The molecule has 2 heterocycles. The number of amides is 1. The number of methoxy groups -OCH3 is 1. The number of carbonyl (C=O) groups excluding carboxylic acids is 1. The first-order valence-electron chi connectivity index (χ1n) is 8.41. The molecule has 0 aliphatic carbocycles. The molecule has 11 heteroatoms. The Hall–Kier alpha value is -2.24. The molecule has 1 aromatic heterocycles. The average molecular weight is 446 g/mol. The van der Waals surface area contributed by atoms with Crippen LogP contribution in [0.15, 0.2) is 35.4 Å². The molecule has 1 amide bonds. The zero-order chi connectivity index (χ0) is 20.3. The number of hydrogen-bond donors (Lipinski definition) is 1. The molecule has 0 unspecified atom stereocenters. The first-order chi connectivity index (χ1) is 13.3. The summed E-state index contributed by atoms with van der Waals surface area (Å²) < 4.78 is 62.4. The van der Waals surface area contributed by atoms with Crippen LogP contribution in [0, 0.1) is 17.6 Å². The largest absolute Gasteiger partial charge is 0.496 e. The standard InChI is InChI=1S/C18H18F2N2O5S.H2S/c1-26-16-3-2-13(28(24,25)10-11-4-5-27-9-11)7-14(16)18(23)22-17-15(20)6-12(19)8-21-17;/h2-3,6-8,11H,4-5,9-10H2,1H3,(H,21,22,23);1H2/t11-;/m0./s1. The van der Waals surface area contributed by atoms with E-state index in [0.717, 1.165) is 6.20 Å². The molecule has 1 atom stereocenters. The Balaban J connectivity index is 0.00000300. The Labute approximate surface area is 173 Å². The fourth-order valence-corrected chi connectivity index (χ4v) is 4.51. The third kappa shape index (κ3) is 5.43. The quantitative estimate of drug-likeness (QED) is 0.733. The molecule has 2 aromatic rings. The van der Waals surface area contributed by atoms with Crippen LogP contribution in [0.3, 0.4) is 0 Å². The number of pyridine rings is 1. The number of sulfone groups is 1. The lowest BCUT2D eigenvalue weighted by Gasteiger charge is -2.13. The topological polar surface area (TPSA) is 94.6 Å². The molecule has 1 saturated heterocycles. The van der Waals surface area contributed by atoms with E-state index in [9.17, 15) is 22.0 Å². The highest BCUT2D eigenvalue weighted by Crippen LogP contribution is 2.26. The molecule has 0 spiro atoms. The minimum absolute atomic E-state index is 0. The maximum atomic E-state index is 13.7. The van der Waals surface area contributed by atoms with Crippen LogP contribution in [0.25, 0.3) is 0 Å². The van der Waals surface area contributed by atoms with E-state index in [2.05, 4.69) is 10.3 Å². The minimum Gasteiger partial charge on any atom is -0.496 e. The Morgan fingerprint density at radius 2 is 2.10 bits per heavy atom. The van der Waals surface area contributed by atoms with Gasteiger partial charge < -0.3 is 14.8 Å². The summed E-state index contributed by atoms with van der Waals surface area (Å²) in [5.41, 5.74) is -0.114. The molecule has 1 aliphatic rings. The van der Waals surface area contributed by atoms with E-state index < -0.39 is 33.2 Å². The van der Waals surface area contributed by atoms with E-state index in [1.807, 2.05) is 0 Å². The van der Waals surface area contributed by atoms with Crippen molar-refractivity contribution in [2.45, 2.75) is 11.3 Å². The lowest BCUT2D eigenvalue weighted by atomic mass is 10.2. The van der Waals surface area contributed by atoms with Crippen LogP contribution in [-0.4, -0.2) is 45.4 Å². The number of halogens is 2. The molecule has 29 heavy (non-hydrogen) atoms. The van der Waals surface area contributed by atoms with Gasteiger partial charge in [0.1, 0.15) is 11.6 Å². The van der Waals surface area contributed by atoms with Gasteiger partial charge in [0.25, 0.3) is 5.91 Å². The summed E-state index contributed by atoms with van der Waals surface area (Å²) in [6, 6.07) is 4.43. The summed E-state index contributed by atoms with van der Waals surface area (Å²) in [4.78, 5) is 16.0. The van der Waals surface area contributed by atoms with Gasteiger partial charge >= 0.3 is 0 Å². The molecule has 0 saturated carbocycles. The molecule has 1 fully saturated rings. The average Bonchev–Trinajstić information content (AvgIpc) is 3.15. The Bertz CT molecular complexity index is 996. The molecule has 1 N–H and O–H groups in total. The van der Waals surface area contributed by atoms with Crippen molar-refractivity contribution in [1.29, 1.82) is 0 Å². The SMILES string of the molecule is COc1ccc(S(=O)(=O)C[C@H]2CCOC2)cc1C(=O)Nc1ncc(F)cc1F.S. The van der Waals surface area contributed by atoms with Gasteiger partial charge in [0.05, 0.1) is 36.1 Å². The highest BCUT2D eigenvalue weighted by molar-refractivity contribution is 7.91. The highest BCUT2D eigenvalue weighted by atomic mass is 32.2. The summed E-state index contributed by atoms with van der Waals surface area (Å²) in [5.74, 6) is -3.38. The van der Waals surface area contributed by atoms with Crippen LogP contribution in [0.5, 0.6) is 5.75 Å². The third-order valence-electron chi connectivity index (χ3n) is 4.29. The molecule has 0 radical (unpaired) electrons. The van der Waals surface area contributed by atoms with Gasteiger partial charge in [0, 0.05) is 12.7 Å². The zero-order valence-corrected chi connectivity index (χ0v) is 17.3. The maximum absolute atomic E-state index is 13.7. The predicted octanol–water partition coefficient (Wildman–Crippen LogP) is 2.54. The normalized spacial score (nSPS) is 16.2. The molecule has 7 nitrogen and oxygen atoms in total. The summed E-state index contributed by atoms with van der Waals surface area (Å²) in [6.45, 7) is 0.894. The second-order valence-corrected chi connectivity index (χ2v) is 8.35. The number of ether oxygens (including phenoxy) is 2. The zero-order valence-electron chi connectivity index (χ0n) is 15.4. The van der Waals surface area contributed by atoms with Crippen LogP contribution in [0.1, 0.15) is 16.8 Å². The Morgan fingerprint density at radius 3 is 2.72 bits per heavy atom. The molecule has 3 rings (SSSR count). The maximum Gasteiger partial charge on any atom is 0.260 e. The second-order valence-electron chi connectivity index (χ2n) is 6.31. The van der Waals surface area contributed by atoms with Crippen LogP contribution in [0.2, 0.25) is 0 Å². The summed E-state index contributed by atoms with van der Waals surface area (Å²) >= 11 is 0. The van der Waals surface area contributed by atoms with Crippen molar-refractivity contribution in [3.05, 3.63) is 47.7 Å². The Kier molecular flexibility index (Phi) is 7.55. The van der Waals surface area contributed by atoms with Crippen LogP contribution >= 0.6 is 13.5 Å². The van der Waals surface area contributed by atoms with Gasteiger partial charge in [-0.25, -0.2) is 22.2 Å². The van der Waals surface area contributed by atoms with Crippen LogP contribution in [0.4, 0.5) is 14.6 Å². The first-order valence-corrected chi connectivity index (χ1v) is 10.1. The van der Waals surface area contributed by atoms with Gasteiger partial charge in [0.2, 0.25) is 0 Å². The van der Waals surface area contributed by atoms with Crippen molar-refractivity contribution in [2.75, 3.05) is 31.4 Å². The number of benzene rings is 1.